The summed E-state index contributed by atoms with van der Waals surface area (Å²) in [5.74, 6) is -3.03. The highest BCUT2D eigenvalue weighted by atomic mass is 16.5. The molecule has 11 heteroatoms. The van der Waals surface area contributed by atoms with Gasteiger partial charge >= 0.3 is 12.1 Å². The molecule has 0 bridgehead atoms. The van der Waals surface area contributed by atoms with Gasteiger partial charge in [0, 0.05) is 0 Å². The van der Waals surface area contributed by atoms with E-state index in [1.807, 2.05) is 12.1 Å². The van der Waals surface area contributed by atoms with Gasteiger partial charge in [-0.25, -0.2) is 4.79 Å². The molecule has 2 atom stereocenters. The third-order valence-electron chi connectivity index (χ3n) is 5.21. The smallest absolute Gasteiger partial charge is 0.408 e. The Morgan fingerprint density at radius 3 is 1.86 bits per heavy atom. The number of nitrogens with two attached hydrogens (primary N) is 1. The minimum Gasteiger partial charge on any atom is -0.461 e. The molecule has 0 spiro atoms. The Kier molecular flexibility index (Phi) is 10.6. The van der Waals surface area contributed by atoms with Crippen LogP contribution in [0.2, 0.25) is 0 Å². The predicted molar refractivity (Wildman–Crippen MR) is 133 cm³/mol. The van der Waals surface area contributed by atoms with Gasteiger partial charge in [0.05, 0.1) is 6.42 Å². The zero-order valence-corrected chi connectivity index (χ0v) is 21.0. The number of carbonyl (C=O) groups is 5. The Morgan fingerprint density at radius 1 is 0.838 bits per heavy atom. The summed E-state index contributed by atoms with van der Waals surface area (Å²) in [5, 5.41) is 7.22. The number of ether oxygens (including phenoxy) is 2. The van der Waals surface area contributed by atoms with Crippen molar-refractivity contribution in [1.29, 1.82) is 0 Å². The Balaban J connectivity index is 2.06. The molecule has 37 heavy (non-hydrogen) atoms. The van der Waals surface area contributed by atoms with Gasteiger partial charge in [0.15, 0.2) is 0 Å². The van der Waals surface area contributed by atoms with Gasteiger partial charge in [0.1, 0.15) is 30.8 Å². The number of benzene rings is 2. The molecule has 2 aromatic rings. The second-order valence-corrected chi connectivity index (χ2v) is 8.82. The summed E-state index contributed by atoms with van der Waals surface area (Å²) in [5.41, 5.74) is 5.13. The van der Waals surface area contributed by atoms with Crippen molar-refractivity contribution in [2.24, 2.45) is 5.73 Å². The summed E-state index contributed by atoms with van der Waals surface area (Å²) in [6.07, 6.45) is -1.46. The van der Waals surface area contributed by atoms with Gasteiger partial charge in [-0.1, -0.05) is 60.7 Å². The van der Waals surface area contributed by atoms with E-state index in [1.165, 1.54) is 20.8 Å². The molecule has 0 saturated heterocycles. The molecule has 11 nitrogen and oxygen atoms in total. The van der Waals surface area contributed by atoms with Crippen LogP contribution in [0.3, 0.4) is 0 Å². The first-order valence-electron chi connectivity index (χ1n) is 11.6. The Bertz CT molecular complexity index is 1030. The first-order chi connectivity index (χ1) is 17.5. The van der Waals surface area contributed by atoms with E-state index < -0.39 is 53.8 Å². The van der Waals surface area contributed by atoms with Crippen molar-refractivity contribution >= 4 is 29.8 Å². The number of amides is 4. The highest BCUT2D eigenvalue weighted by Gasteiger charge is 2.35. The molecule has 2 rings (SSSR count). The van der Waals surface area contributed by atoms with Crippen molar-refractivity contribution in [2.75, 3.05) is 0 Å². The quantitative estimate of drug-likeness (QED) is 0.311. The minimum absolute atomic E-state index is 0.0224. The lowest BCUT2D eigenvalue weighted by Gasteiger charge is -2.28. The van der Waals surface area contributed by atoms with Crippen LogP contribution in [0.4, 0.5) is 4.79 Å². The maximum Gasteiger partial charge on any atom is 0.408 e. The standard InChI is InChI=1S/C26H32N4O7/c1-17(22(27)32)28-24(34)26(2,3)30-23(33)20(14-21(31)36-15-18-10-6-4-7-11-18)29-25(35)37-16-19-12-8-5-9-13-19/h4-13,17,20H,14-16H2,1-3H3,(H2,27,32)(H,28,34)(H,29,35)(H,30,33). The van der Waals surface area contributed by atoms with Crippen LogP contribution >= 0.6 is 0 Å². The summed E-state index contributed by atoms with van der Waals surface area (Å²) < 4.78 is 10.4. The van der Waals surface area contributed by atoms with Crippen molar-refractivity contribution in [2.45, 2.75) is 58.0 Å². The highest BCUT2D eigenvalue weighted by molar-refractivity contribution is 5.96. The average Bonchev–Trinajstić information content (AvgIpc) is 2.86. The minimum atomic E-state index is -1.51. The second-order valence-electron chi connectivity index (χ2n) is 8.82. The van der Waals surface area contributed by atoms with Crippen LogP contribution in [0, 0.1) is 0 Å². The average molecular weight is 513 g/mol. The van der Waals surface area contributed by atoms with E-state index in [4.69, 9.17) is 15.2 Å². The van der Waals surface area contributed by atoms with E-state index in [2.05, 4.69) is 16.0 Å². The number of primary amides is 1. The SMILES string of the molecule is CC(NC(=O)C(C)(C)NC(=O)C(CC(=O)OCc1ccccc1)NC(=O)OCc1ccccc1)C(N)=O. The number of rotatable bonds is 12. The van der Waals surface area contributed by atoms with Crippen LogP contribution < -0.4 is 21.7 Å². The molecule has 0 heterocycles. The lowest BCUT2D eigenvalue weighted by molar-refractivity contribution is -0.147. The number of hydrogen-bond donors (Lipinski definition) is 4. The van der Waals surface area contributed by atoms with E-state index in [-0.39, 0.29) is 13.2 Å². The molecule has 2 unspecified atom stereocenters. The first-order valence-corrected chi connectivity index (χ1v) is 11.6. The van der Waals surface area contributed by atoms with Crippen molar-refractivity contribution in [3.05, 3.63) is 71.8 Å². The van der Waals surface area contributed by atoms with Gasteiger partial charge in [-0.05, 0) is 31.9 Å². The fourth-order valence-corrected chi connectivity index (χ4v) is 2.98. The van der Waals surface area contributed by atoms with E-state index in [1.54, 1.807) is 48.5 Å². The molecule has 198 valence electrons. The first kappa shape index (κ1) is 28.8. The fraction of sp³-hybridized carbons (Fsp3) is 0.346. The van der Waals surface area contributed by atoms with Gasteiger partial charge in [0.2, 0.25) is 17.7 Å². The van der Waals surface area contributed by atoms with Gasteiger partial charge < -0.3 is 31.2 Å². The molecule has 0 aliphatic heterocycles. The maximum absolute atomic E-state index is 13.0. The molecule has 0 radical (unpaired) electrons. The topological polar surface area (TPSA) is 166 Å². The molecule has 0 aliphatic carbocycles. The number of hydrogen-bond acceptors (Lipinski definition) is 7. The van der Waals surface area contributed by atoms with Crippen LogP contribution in [-0.2, 0) is 41.9 Å². The second kappa shape index (κ2) is 13.6. The summed E-state index contributed by atoms with van der Waals surface area (Å²) in [6, 6.07) is 15.4. The molecule has 2 aromatic carbocycles. The monoisotopic (exact) mass is 512 g/mol. The zero-order chi connectivity index (χ0) is 27.4. The van der Waals surface area contributed by atoms with Crippen LogP contribution in [0.5, 0.6) is 0 Å². The van der Waals surface area contributed by atoms with Gasteiger partial charge in [-0.15, -0.1) is 0 Å². The molecule has 5 N–H and O–H groups in total. The van der Waals surface area contributed by atoms with Crippen molar-refractivity contribution in [3.63, 3.8) is 0 Å². The molecule has 0 aliphatic rings. The van der Waals surface area contributed by atoms with Crippen molar-refractivity contribution < 1.29 is 33.4 Å². The molecule has 0 fully saturated rings. The van der Waals surface area contributed by atoms with Crippen molar-refractivity contribution in [1.82, 2.24) is 16.0 Å². The van der Waals surface area contributed by atoms with Gasteiger partial charge in [0.25, 0.3) is 0 Å². The van der Waals surface area contributed by atoms with E-state index in [0.29, 0.717) is 0 Å². The number of alkyl carbamates (subject to hydrolysis) is 1. The van der Waals surface area contributed by atoms with E-state index >= 15 is 0 Å². The lowest BCUT2D eigenvalue weighted by atomic mass is 10.0. The number of carbonyl (C=O) groups excluding carboxylic acids is 5. The lowest BCUT2D eigenvalue weighted by Crippen LogP contribution is -2.61. The predicted octanol–water partition coefficient (Wildman–Crippen LogP) is 1.30. The summed E-state index contributed by atoms with van der Waals surface area (Å²) in [7, 11) is 0. The highest BCUT2D eigenvalue weighted by Crippen LogP contribution is 2.08. The zero-order valence-electron chi connectivity index (χ0n) is 21.0. The third kappa shape index (κ3) is 10.0. The summed E-state index contributed by atoms with van der Waals surface area (Å²) in [6.45, 7) is 4.11. The molecular weight excluding hydrogens is 480 g/mol. The van der Waals surface area contributed by atoms with E-state index in [9.17, 15) is 24.0 Å². The Labute approximate surface area is 215 Å². The normalized spacial score (nSPS) is 12.4. The van der Waals surface area contributed by atoms with Crippen LogP contribution in [0.1, 0.15) is 38.3 Å². The molecular formula is C26H32N4O7. The third-order valence-corrected chi connectivity index (χ3v) is 5.21. The van der Waals surface area contributed by atoms with Gasteiger partial charge in [-0.2, -0.15) is 0 Å². The van der Waals surface area contributed by atoms with E-state index in [0.717, 1.165) is 11.1 Å². The van der Waals surface area contributed by atoms with Crippen LogP contribution in [0.25, 0.3) is 0 Å². The Hall–Kier alpha value is -4.41. The largest absolute Gasteiger partial charge is 0.461 e. The molecule has 0 saturated carbocycles. The summed E-state index contributed by atoms with van der Waals surface area (Å²) in [4.78, 5) is 61.8. The molecule has 4 amide bonds. The van der Waals surface area contributed by atoms with Crippen LogP contribution in [0.15, 0.2) is 60.7 Å². The molecule has 0 aromatic heterocycles. The maximum atomic E-state index is 13.0. The van der Waals surface area contributed by atoms with Crippen LogP contribution in [-0.4, -0.2) is 47.4 Å². The van der Waals surface area contributed by atoms with Gasteiger partial charge in [-0.3, -0.25) is 19.2 Å². The fourth-order valence-electron chi connectivity index (χ4n) is 2.98. The van der Waals surface area contributed by atoms with Crippen molar-refractivity contribution in [3.8, 4) is 0 Å². The number of nitrogens with one attached hydrogen (secondary N) is 3. The number of esters is 1. The Morgan fingerprint density at radius 2 is 1.35 bits per heavy atom. The summed E-state index contributed by atoms with van der Waals surface area (Å²) >= 11 is 0.